The average molecular weight is 367 g/mol. The Labute approximate surface area is 155 Å². The first-order chi connectivity index (χ1) is 12.6. The normalized spacial score (nSPS) is 11.2. The molecular weight excluding hydrogens is 348 g/mol. The Balaban J connectivity index is 1.67. The van der Waals surface area contributed by atoms with Crippen molar-refractivity contribution >= 4 is 22.9 Å². The highest BCUT2D eigenvalue weighted by atomic mass is 32.2. The van der Waals surface area contributed by atoms with Gasteiger partial charge in [-0.1, -0.05) is 23.9 Å². The van der Waals surface area contributed by atoms with Crippen molar-refractivity contribution in [3.05, 3.63) is 54.9 Å². The van der Waals surface area contributed by atoms with Gasteiger partial charge in [0, 0.05) is 12.8 Å². The maximum Gasteiger partial charge on any atom is 0.258 e. The van der Waals surface area contributed by atoms with Gasteiger partial charge < -0.3 is 9.30 Å². The molecule has 0 saturated carbocycles. The van der Waals surface area contributed by atoms with E-state index >= 15 is 0 Å². The third-order valence-corrected chi connectivity index (χ3v) is 4.98. The van der Waals surface area contributed by atoms with Crippen LogP contribution in [0, 0.1) is 0 Å². The van der Waals surface area contributed by atoms with Crippen molar-refractivity contribution in [2.75, 3.05) is 7.11 Å². The van der Waals surface area contributed by atoms with E-state index in [0.29, 0.717) is 0 Å². The lowest BCUT2D eigenvalue weighted by atomic mass is 10.2. The Bertz CT molecular complexity index is 1050. The number of aryl methyl sites for hydroxylation is 2. The van der Waals surface area contributed by atoms with Crippen LogP contribution in [-0.4, -0.2) is 31.2 Å². The molecule has 26 heavy (non-hydrogen) atoms. The molecule has 132 valence electrons. The minimum atomic E-state index is 0.725. The molecule has 0 fully saturated rings. The molecule has 0 radical (unpaired) electrons. The topological polar surface area (TPSA) is 61.6 Å². The van der Waals surface area contributed by atoms with Gasteiger partial charge in [-0.15, -0.1) is 0 Å². The highest BCUT2D eigenvalue weighted by Crippen LogP contribution is 2.25. The molecule has 1 aromatic carbocycles. The van der Waals surface area contributed by atoms with Crippen molar-refractivity contribution in [3.8, 4) is 11.6 Å². The monoisotopic (exact) mass is 367 g/mol. The van der Waals surface area contributed by atoms with Crippen LogP contribution in [-0.2, 0) is 19.8 Å². The van der Waals surface area contributed by atoms with Gasteiger partial charge in [0.2, 0.25) is 6.33 Å². The predicted octanol–water partition coefficient (Wildman–Crippen LogP) is 2.28. The molecule has 3 aromatic heterocycles. The van der Waals surface area contributed by atoms with Crippen LogP contribution < -0.4 is 9.30 Å². The molecule has 0 amide bonds. The first kappa shape index (κ1) is 16.6. The standard InChI is InChI=1S/C18H19N6OS/c1-22-8-9-24(12-22)17-15-16(23(2)11-19-15)20-18(21-17)26-10-13-4-6-14(25-3)7-5-13/h4-9,11-12H,10H2,1-3H3/q+1. The number of methoxy groups -OCH3 is 1. The Morgan fingerprint density at radius 2 is 2.00 bits per heavy atom. The third kappa shape index (κ3) is 3.15. The fourth-order valence-corrected chi connectivity index (χ4v) is 3.45. The lowest BCUT2D eigenvalue weighted by Crippen LogP contribution is -2.23. The minimum absolute atomic E-state index is 0.725. The summed E-state index contributed by atoms with van der Waals surface area (Å²) in [5.74, 6) is 2.43. The summed E-state index contributed by atoms with van der Waals surface area (Å²) in [7, 11) is 5.59. The van der Waals surface area contributed by atoms with Gasteiger partial charge in [0.1, 0.15) is 18.1 Å². The van der Waals surface area contributed by atoms with Crippen LogP contribution >= 0.6 is 11.8 Å². The number of rotatable bonds is 5. The molecule has 8 heteroatoms. The highest BCUT2D eigenvalue weighted by molar-refractivity contribution is 7.98. The van der Waals surface area contributed by atoms with Crippen LogP contribution in [0.4, 0.5) is 0 Å². The Morgan fingerprint density at radius 1 is 1.19 bits per heavy atom. The molecule has 0 aliphatic rings. The Kier molecular flexibility index (Phi) is 4.34. The van der Waals surface area contributed by atoms with Gasteiger partial charge in [0.25, 0.3) is 5.82 Å². The summed E-state index contributed by atoms with van der Waals surface area (Å²) in [6.07, 6.45) is 7.67. The van der Waals surface area contributed by atoms with E-state index in [-0.39, 0.29) is 0 Å². The summed E-state index contributed by atoms with van der Waals surface area (Å²) < 4.78 is 11.1. The lowest BCUT2D eigenvalue weighted by Gasteiger charge is -2.05. The molecule has 0 aliphatic heterocycles. The zero-order valence-electron chi connectivity index (χ0n) is 14.8. The zero-order chi connectivity index (χ0) is 18.1. The summed E-state index contributed by atoms with van der Waals surface area (Å²) in [5, 5.41) is 0.725. The molecular formula is C18H19N6OS+. The van der Waals surface area contributed by atoms with Gasteiger partial charge in [-0.05, 0) is 17.7 Å². The molecule has 0 bridgehead atoms. The summed E-state index contributed by atoms with van der Waals surface area (Å²) >= 11 is 1.61. The van der Waals surface area contributed by atoms with E-state index in [1.165, 1.54) is 5.56 Å². The first-order valence-corrected chi connectivity index (χ1v) is 9.11. The van der Waals surface area contributed by atoms with E-state index in [2.05, 4.69) is 22.1 Å². The number of aromatic nitrogens is 6. The molecule has 7 nitrogen and oxygen atoms in total. The van der Waals surface area contributed by atoms with E-state index in [4.69, 9.17) is 9.72 Å². The van der Waals surface area contributed by atoms with E-state index in [1.54, 1.807) is 25.2 Å². The van der Waals surface area contributed by atoms with E-state index < -0.39 is 0 Å². The molecule has 0 aliphatic carbocycles. The van der Waals surface area contributed by atoms with Gasteiger partial charge in [-0.2, -0.15) is 9.55 Å². The molecule has 3 heterocycles. The van der Waals surface area contributed by atoms with Crippen LogP contribution in [0.5, 0.6) is 5.75 Å². The predicted molar refractivity (Wildman–Crippen MR) is 99.4 cm³/mol. The van der Waals surface area contributed by atoms with Gasteiger partial charge in [-0.3, -0.25) is 0 Å². The summed E-state index contributed by atoms with van der Waals surface area (Å²) in [6, 6.07) is 8.04. The second kappa shape index (κ2) is 6.80. The maximum atomic E-state index is 5.21. The van der Waals surface area contributed by atoms with E-state index in [0.717, 1.165) is 33.6 Å². The van der Waals surface area contributed by atoms with Crippen molar-refractivity contribution in [1.82, 2.24) is 24.1 Å². The number of nitrogens with zero attached hydrogens (tertiary/aromatic N) is 6. The smallest absolute Gasteiger partial charge is 0.258 e. The summed E-state index contributed by atoms with van der Waals surface area (Å²) in [6.45, 7) is 0. The molecule has 4 rings (SSSR count). The summed E-state index contributed by atoms with van der Waals surface area (Å²) in [5.41, 5.74) is 2.81. The second-order valence-corrected chi connectivity index (χ2v) is 6.92. The molecule has 0 atom stereocenters. The van der Waals surface area contributed by atoms with E-state index in [9.17, 15) is 0 Å². The average Bonchev–Trinajstić information content (AvgIpc) is 3.26. The maximum absolute atomic E-state index is 5.21. The molecule has 0 N–H and O–H groups in total. The summed E-state index contributed by atoms with van der Waals surface area (Å²) in [4.78, 5) is 13.9. The molecule has 0 spiro atoms. The lowest BCUT2D eigenvalue weighted by molar-refractivity contribution is -0.670. The number of fused-ring (bicyclic) bond motifs is 1. The van der Waals surface area contributed by atoms with Crippen LogP contribution in [0.3, 0.4) is 0 Å². The Morgan fingerprint density at radius 3 is 2.69 bits per heavy atom. The van der Waals surface area contributed by atoms with Crippen LogP contribution in [0.1, 0.15) is 5.56 Å². The number of thioether (sulfide) groups is 1. The third-order valence-electron chi connectivity index (χ3n) is 4.06. The molecule has 0 saturated heterocycles. The van der Waals surface area contributed by atoms with Crippen LogP contribution in [0.15, 0.2) is 54.5 Å². The molecule has 4 aromatic rings. The number of benzene rings is 1. The number of ether oxygens (including phenoxy) is 1. The van der Waals surface area contributed by atoms with Crippen molar-refractivity contribution in [3.63, 3.8) is 0 Å². The zero-order valence-corrected chi connectivity index (χ0v) is 15.6. The van der Waals surface area contributed by atoms with Crippen molar-refractivity contribution < 1.29 is 9.30 Å². The van der Waals surface area contributed by atoms with Crippen LogP contribution in [0.25, 0.3) is 17.0 Å². The SMILES string of the molecule is COc1ccc(CSc2nc(-n3cc[n+](C)c3)c3ncn(C)c3n2)cc1. The fraction of sp³-hybridized carbons (Fsp3) is 0.222. The second-order valence-electron chi connectivity index (χ2n) is 5.98. The number of imidazole rings is 2. The molecule has 0 unspecified atom stereocenters. The largest absolute Gasteiger partial charge is 0.497 e. The van der Waals surface area contributed by atoms with Crippen molar-refractivity contribution in [2.24, 2.45) is 14.1 Å². The van der Waals surface area contributed by atoms with Gasteiger partial charge in [0.15, 0.2) is 16.3 Å². The van der Waals surface area contributed by atoms with Crippen molar-refractivity contribution in [1.29, 1.82) is 0 Å². The van der Waals surface area contributed by atoms with Crippen LogP contribution in [0.2, 0.25) is 0 Å². The number of hydrogen-bond acceptors (Lipinski definition) is 5. The fourth-order valence-electron chi connectivity index (χ4n) is 2.66. The first-order valence-electron chi connectivity index (χ1n) is 8.12. The van der Waals surface area contributed by atoms with Crippen molar-refractivity contribution in [2.45, 2.75) is 10.9 Å². The van der Waals surface area contributed by atoms with Gasteiger partial charge in [0.05, 0.1) is 20.5 Å². The van der Waals surface area contributed by atoms with Gasteiger partial charge >= 0.3 is 0 Å². The quantitative estimate of drug-likeness (QED) is 0.308. The highest BCUT2D eigenvalue weighted by Gasteiger charge is 2.18. The van der Waals surface area contributed by atoms with E-state index in [1.807, 2.05) is 58.7 Å². The van der Waals surface area contributed by atoms with Gasteiger partial charge in [-0.25, -0.2) is 14.5 Å². The number of hydrogen-bond donors (Lipinski definition) is 0. The Hall–Kier alpha value is -2.87. The minimum Gasteiger partial charge on any atom is -0.497 e.